The normalized spacial score (nSPS) is 11.6. The van der Waals surface area contributed by atoms with E-state index < -0.39 is 17.8 Å². The fourth-order valence-electron chi connectivity index (χ4n) is 1.43. The van der Waals surface area contributed by atoms with Crippen LogP contribution in [0.5, 0.6) is 5.75 Å². The molecule has 9 heteroatoms. The number of phenolic OH excluding ortho intramolecular Hbond substituents is 1. The molecule has 1 aromatic rings. The largest absolute Gasteiger partial charge is 0.506 e. The average Bonchev–Trinajstić information content (AvgIpc) is 2.44. The molecule has 0 radical (unpaired) electrons. The van der Waals surface area contributed by atoms with Gasteiger partial charge in [-0.1, -0.05) is 11.6 Å². The minimum absolute atomic E-state index is 0.0315. The highest BCUT2D eigenvalue weighted by Gasteiger charge is 2.15. The van der Waals surface area contributed by atoms with Gasteiger partial charge in [-0.25, -0.2) is 9.18 Å². The Bertz CT molecular complexity index is 540. The molecule has 0 aromatic heterocycles. The third-order valence-electron chi connectivity index (χ3n) is 2.42. The van der Waals surface area contributed by atoms with Crippen LogP contribution in [0.25, 0.3) is 0 Å². The number of halogens is 2. The van der Waals surface area contributed by atoms with Crippen LogP contribution in [0.3, 0.4) is 0 Å². The van der Waals surface area contributed by atoms with Gasteiger partial charge in [-0.15, -0.1) is 0 Å². The summed E-state index contributed by atoms with van der Waals surface area (Å²) in [6.45, 7) is 0.357. The molecule has 1 unspecified atom stereocenters. The predicted octanol–water partition coefficient (Wildman–Crippen LogP) is 1.35. The molecule has 0 bridgehead atoms. The van der Waals surface area contributed by atoms with E-state index in [0.717, 1.165) is 24.7 Å². The zero-order valence-electron chi connectivity index (χ0n) is 11.7. The van der Waals surface area contributed by atoms with Crippen LogP contribution < -0.4 is 11.5 Å². The molecule has 0 spiro atoms. The zero-order chi connectivity index (χ0) is 17.1. The number of aliphatic carboxylic acids is 1. The van der Waals surface area contributed by atoms with Gasteiger partial charge in [-0.3, -0.25) is 10.4 Å². The fraction of sp³-hybridized carbons (Fsp3) is 0.308. The van der Waals surface area contributed by atoms with Crippen molar-refractivity contribution in [2.75, 3.05) is 6.54 Å². The Hall–Kier alpha value is -2.19. The number of phenols is 1. The number of nitrogens with zero attached hydrogens (tertiary/aromatic N) is 1. The Morgan fingerprint density at radius 1 is 1.55 bits per heavy atom. The van der Waals surface area contributed by atoms with Crippen molar-refractivity contribution >= 4 is 30.1 Å². The number of benzene rings is 1. The Morgan fingerprint density at radius 2 is 2.14 bits per heavy atom. The number of carboxylic acids is 1. The van der Waals surface area contributed by atoms with E-state index in [4.69, 9.17) is 27.9 Å². The van der Waals surface area contributed by atoms with Gasteiger partial charge in [-0.2, -0.15) is 0 Å². The number of hydrogen-bond donors (Lipinski definition) is 5. The van der Waals surface area contributed by atoms with E-state index in [0.29, 0.717) is 13.0 Å². The van der Waals surface area contributed by atoms with Crippen molar-refractivity contribution in [1.29, 1.82) is 5.41 Å². The standard InChI is InChI=1S/C12H14ClFN2O3.CH4N2/c13-9-5-8(14)4-7(11(9)17)6-16-10(12(18)19)2-1-3-15;2-1-3/h4-6,10,17H,1-3,15H2,(H,18,19);1H,(H3,2,3). The molecule has 0 heterocycles. The lowest BCUT2D eigenvalue weighted by Gasteiger charge is -2.07. The second kappa shape index (κ2) is 10.5. The van der Waals surface area contributed by atoms with Crippen molar-refractivity contribution in [1.82, 2.24) is 0 Å². The summed E-state index contributed by atoms with van der Waals surface area (Å²) in [6, 6.07) is 0.995. The summed E-state index contributed by atoms with van der Waals surface area (Å²) < 4.78 is 13.1. The van der Waals surface area contributed by atoms with Crippen LogP contribution in [0, 0.1) is 11.2 Å². The van der Waals surface area contributed by atoms with Crippen LogP contribution in [-0.2, 0) is 4.79 Å². The summed E-state index contributed by atoms with van der Waals surface area (Å²) in [6.07, 6.45) is 2.62. The van der Waals surface area contributed by atoms with Gasteiger partial charge in [0, 0.05) is 11.8 Å². The number of hydrogen-bond acceptors (Lipinski definition) is 5. The first-order valence-electron chi connectivity index (χ1n) is 6.22. The van der Waals surface area contributed by atoms with Crippen molar-refractivity contribution in [3.8, 4) is 5.75 Å². The molecular weight excluding hydrogens is 315 g/mol. The lowest BCUT2D eigenvalue weighted by atomic mass is 10.1. The summed E-state index contributed by atoms with van der Waals surface area (Å²) in [5, 5.41) is 24.2. The quantitative estimate of drug-likeness (QED) is 0.394. The Morgan fingerprint density at radius 3 is 2.64 bits per heavy atom. The number of carbonyl (C=O) groups is 1. The van der Waals surface area contributed by atoms with Gasteiger partial charge in [0.15, 0.2) is 0 Å². The van der Waals surface area contributed by atoms with Crippen LogP contribution in [0.1, 0.15) is 18.4 Å². The lowest BCUT2D eigenvalue weighted by molar-refractivity contribution is -0.138. The minimum Gasteiger partial charge on any atom is -0.506 e. The molecular formula is C13H18ClFN4O3. The van der Waals surface area contributed by atoms with Gasteiger partial charge in [-0.05, 0) is 31.5 Å². The molecule has 0 aliphatic rings. The number of aliphatic imine (C=N–C) groups is 1. The first kappa shape index (κ1) is 19.8. The van der Waals surface area contributed by atoms with E-state index in [1.807, 2.05) is 0 Å². The van der Waals surface area contributed by atoms with E-state index in [2.05, 4.69) is 10.7 Å². The summed E-state index contributed by atoms with van der Waals surface area (Å²) >= 11 is 5.60. The van der Waals surface area contributed by atoms with E-state index in [1.54, 1.807) is 0 Å². The highest BCUT2D eigenvalue weighted by Crippen LogP contribution is 2.27. The lowest BCUT2D eigenvalue weighted by Crippen LogP contribution is -2.19. The maximum absolute atomic E-state index is 13.1. The van der Waals surface area contributed by atoms with Gasteiger partial charge in [0.05, 0.1) is 11.4 Å². The number of nitrogens with one attached hydrogen (secondary N) is 1. The predicted molar refractivity (Wildman–Crippen MR) is 83.4 cm³/mol. The summed E-state index contributed by atoms with van der Waals surface area (Å²) in [4.78, 5) is 14.7. The average molecular weight is 333 g/mol. The van der Waals surface area contributed by atoms with Crippen molar-refractivity contribution < 1.29 is 19.4 Å². The van der Waals surface area contributed by atoms with Crippen molar-refractivity contribution in [2.24, 2.45) is 16.5 Å². The molecule has 1 aromatic carbocycles. The van der Waals surface area contributed by atoms with Crippen molar-refractivity contribution in [3.63, 3.8) is 0 Å². The third-order valence-corrected chi connectivity index (χ3v) is 2.71. The monoisotopic (exact) mass is 332 g/mol. The highest BCUT2D eigenvalue weighted by atomic mass is 35.5. The maximum atomic E-state index is 13.1. The zero-order valence-corrected chi connectivity index (χ0v) is 12.4. The van der Waals surface area contributed by atoms with Crippen molar-refractivity contribution in [3.05, 3.63) is 28.5 Å². The Balaban J connectivity index is 0.00000135. The van der Waals surface area contributed by atoms with Crippen LogP contribution in [0.15, 0.2) is 17.1 Å². The third kappa shape index (κ3) is 7.00. The first-order valence-corrected chi connectivity index (χ1v) is 6.59. The van der Waals surface area contributed by atoms with Crippen LogP contribution in [0.2, 0.25) is 5.02 Å². The van der Waals surface area contributed by atoms with Gasteiger partial charge in [0.1, 0.15) is 17.6 Å². The summed E-state index contributed by atoms with van der Waals surface area (Å²) in [7, 11) is 0. The van der Waals surface area contributed by atoms with E-state index in [-0.39, 0.29) is 22.8 Å². The molecule has 7 nitrogen and oxygen atoms in total. The topological polar surface area (TPSA) is 146 Å². The second-order valence-electron chi connectivity index (χ2n) is 4.06. The van der Waals surface area contributed by atoms with E-state index >= 15 is 0 Å². The summed E-state index contributed by atoms with van der Waals surface area (Å²) in [5.41, 5.74) is 9.72. The smallest absolute Gasteiger partial charge is 0.328 e. The van der Waals surface area contributed by atoms with Crippen LogP contribution in [0.4, 0.5) is 4.39 Å². The van der Waals surface area contributed by atoms with Crippen LogP contribution in [-0.4, -0.2) is 41.3 Å². The molecule has 0 amide bonds. The second-order valence-corrected chi connectivity index (χ2v) is 4.46. The Kier molecular flexibility index (Phi) is 9.48. The molecule has 0 saturated heterocycles. The molecule has 1 rings (SSSR count). The number of rotatable bonds is 6. The highest BCUT2D eigenvalue weighted by molar-refractivity contribution is 6.32. The van der Waals surface area contributed by atoms with Crippen LogP contribution >= 0.6 is 11.6 Å². The number of aromatic hydroxyl groups is 1. The molecule has 0 aliphatic heterocycles. The van der Waals surface area contributed by atoms with Gasteiger partial charge in [0.25, 0.3) is 0 Å². The SMILES string of the molecule is N=CN.NCCCC(N=Cc1cc(F)cc(Cl)c1O)C(=O)O. The van der Waals surface area contributed by atoms with E-state index in [9.17, 15) is 14.3 Å². The van der Waals surface area contributed by atoms with Gasteiger partial charge >= 0.3 is 5.97 Å². The first-order chi connectivity index (χ1) is 10.4. The fourth-order valence-corrected chi connectivity index (χ4v) is 1.64. The maximum Gasteiger partial charge on any atom is 0.328 e. The number of nitrogens with two attached hydrogens (primary N) is 2. The Labute approximate surface area is 131 Å². The van der Waals surface area contributed by atoms with Gasteiger partial charge < -0.3 is 21.7 Å². The molecule has 0 fully saturated rings. The molecule has 122 valence electrons. The molecule has 22 heavy (non-hydrogen) atoms. The molecule has 0 aliphatic carbocycles. The van der Waals surface area contributed by atoms with Crippen molar-refractivity contribution in [2.45, 2.75) is 18.9 Å². The molecule has 1 atom stereocenters. The molecule has 0 saturated carbocycles. The van der Waals surface area contributed by atoms with E-state index in [1.165, 1.54) is 0 Å². The number of carboxylic acid groups (broad SMARTS) is 1. The summed E-state index contributed by atoms with van der Waals surface area (Å²) in [5.74, 6) is -2.08. The van der Waals surface area contributed by atoms with Gasteiger partial charge in [0.2, 0.25) is 0 Å². The molecule has 7 N–H and O–H groups in total. The minimum atomic E-state index is -1.10.